The highest BCUT2D eigenvalue weighted by Gasteiger charge is 2.31. The molecule has 1 amide bonds. The number of nitrogens with zero attached hydrogens (tertiary/aromatic N) is 1. The number of nitro benzene ring substituents is 1. The van der Waals surface area contributed by atoms with Crippen LogP contribution in [0.1, 0.15) is 24.4 Å². The molecule has 0 spiro atoms. The average Bonchev–Trinajstić information content (AvgIpc) is 2.68. The summed E-state index contributed by atoms with van der Waals surface area (Å²) in [5.74, 6) is -0.167. The maximum absolute atomic E-state index is 12.1. The maximum Gasteiger partial charge on any atom is 0.289 e. The number of non-ortho nitro benzene ring substituents is 1. The van der Waals surface area contributed by atoms with Crippen molar-refractivity contribution in [2.75, 3.05) is 11.9 Å². The van der Waals surface area contributed by atoms with Gasteiger partial charge in [0.25, 0.3) is 11.6 Å². The fourth-order valence-electron chi connectivity index (χ4n) is 2.25. The Morgan fingerprint density at radius 2 is 2.15 bits per heavy atom. The Hall–Kier alpha value is -2.57. The van der Waals surface area contributed by atoms with Crippen LogP contribution in [-0.2, 0) is 0 Å². The van der Waals surface area contributed by atoms with Crippen LogP contribution in [0.4, 0.5) is 11.4 Å². The van der Waals surface area contributed by atoms with Crippen molar-refractivity contribution in [3.05, 3.63) is 34.1 Å². The lowest BCUT2D eigenvalue weighted by Crippen LogP contribution is -2.46. The van der Waals surface area contributed by atoms with Gasteiger partial charge in [-0.15, -0.1) is 0 Å². The molecule has 0 atom stereocenters. The van der Waals surface area contributed by atoms with E-state index in [1.165, 1.54) is 18.2 Å². The predicted octanol–water partition coefficient (Wildman–Crippen LogP) is 2.27. The fraction of sp³-hybridized carbons (Fsp3) is 0.308. The highest BCUT2D eigenvalue weighted by Crippen LogP contribution is 2.35. The first kappa shape index (κ1) is 12.5. The fourth-order valence-corrected chi connectivity index (χ4v) is 2.25. The highest BCUT2D eigenvalue weighted by atomic mass is 16.6. The molecule has 0 fully saturated rings. The Labute approximate surface area is 114 Å². The number of furan rings is 1. The second-order valence-corrected chi connectivity index (χ2v) is 5.44. The SMILES string of the molecule is CC1(C)CNc2c(oc3ccc([N+](=O)[O-])cc23)C(=O)N1. The van der Waals surface area contributed by atoms with E-state index < -0.39 is 10.5 Å². The van der Waals surface area contributed by atoms with E-state index >= 15 is 0 Å². The molecular formula is C13H13N3O4. The van der Waals surface area contributed by atoms with Crippen molar-refractivity contribution >= 4 is 28.3 Å². The summed E-state index contributed by atoms with van der Waals surface area (Å²) in [7, 11) is 0. The first-order chi connectivity index (χ1) is 9.37. The second kappa shape index (κ2) is 3.96. The van der Waals surface area contributed by atoms with Crippen LogP contribution < -0.4 is 10.6 Å². The third-order valence-corrected chi connectivity index (χ3v) is 3.25. The number of nitro groups is 1. The number of fused-ring (bicyclic) bond motifs is 3. The molecule has 3 rings (SSSR count). The molecule has 2 N–H and O–H groups in total. The lowest BCUT2D eigenvalue weighted by Gasteiger charge is -2.23. The van der Waals surface area contributed by atoms with Crippen molar-refractivity contribution in [1.82, 2.24) is 5.32 Å². The van der Waals surface area contributed by atoms with E-state index in [1.54, 1.807) is 0 Å². The molecule has 0 saturated carbocycles. The largest absolute Gasteiger partial charge is 0.449 e. The van der Waals surface area contributed by atoms with E-state index in [-0.39, 0.29) is 17.4 Å². The lowest BCUT2D eigenvalue weighted by molar-refractivity contribution is -0.384. The van der Waals surface area contributed by atoms with Gasteiger partial charge in [0.05, 0.1) is 21.5 Å². The normalized spacial score (nSPS) is 17.0. The van der Waals surface area contributed by atoms with Crippen LogP contribution >= 0.6 is 0 Å². The highest BCUT2D eigenvalue weighted by molar-refractivity contribution is 6.07. The van der Waals surface area contributed by atoms with Gasteiger partial charge in [-0.1, -0.05) is 0 Å². The Morgan fingerprint density at radius 1 is 1.40 bits per heavy atom. The van der Waals surface area contributed by atoms with Crippen molar-refractivity contribution in [3.63, 3.8) is 0 Å². The molecule has 1 aromatic heterocycles. The minimum absolute atomic E-state index is 0.0354. The Bertz CT molecular complexity index is 733. The van der Waals surface area contributed by atoms with Gasteiger partial charge in [-0.2, -0.15) is 0 Å². The molecule has 2 aromatic rings. The molecule has 1 aromatic carbocycles. The van der Waals surface area contributed by atoms with Crippen molar-refractivity contribution in [2.45, 2.75) is 19.4 Å². The number of anilines is 1. The smallest absolute Gasteiger partial charge is 0.289 e. The molecule has 7 heteroatoms. The second-order valence-electron chi connectivity index (χ2n) is 5.44. The molecule has 0 unspecified atom stereocenters. The third kappa shape index (κ3) is 1.87. The lowest BCUT2D eigenvalue weighted by atomic mass is 10.1. The molecule has 2 heterocycles. The first-order valence-electron chi connectivity index (χ1n) is 6.15. The third-order valence-electron chi connectivity index (χ3n) is 3.25. The van der Waals surface area contributed by atoms with E-state index in [0.717, 1.165) is 0 Å². The van der Waals surface area contributed by atoms with Gasteiger partial charge < -0.3 is 15.1 Å². The quantitative estimate of drug-likeness (QED) is 0.614. The summed E-state index contributed by atoms with van der Waals surface area (Å²) in [6, 6.07) is 4.27. The standard InChI is InChI=1S/C13H13N3O4/c1-13(2)6-14-10-8-5-7(16(18)19)3-4-9(8)20-11(10)12(17)15-13/h3-5,14H,6H2,1-2H3,(H,15,17). The van der Waals surface area contributed by atoms with Crippen LogP contribution in [0.5, 0.6) is 0 Å². The number of hydrogen-bond donors (Lipinski definition) is 2. The topological polar surface area (TPSA) is 97.4 Å². The summed E-state index contributed by atoms with van der Waals surface area (Å²) < 4.78 is 5.51. The van der Waals surface area contributed by atoms with Crippen LogP contribution in [0.15, 0.2) is 22.6 Å². The van der Waals surface area contributed by atoms with Gasteiger partial charge in [0.1, 0.15) is 5.58 Å². The summed E-state index contributed by atoms with van der Waals surface area (Å²) in [6.45, 7) is 4.27. The Kier molecular flexibility index (Phi) is 2.47. The molecule has 0 radical (unpaired) electrons. The van der Waals surface area contributed by atoms with Crippen LogP contribution in [0.2, 0.25) is 0 Å². The van der Waals surface area contributed by atoms with E-state index in [2.05, 4.69) is 10.6 Å². The number of amides is 1. The van der Waals surface area contributed by atoms with E-state index in [4.69, 9.17) is 4.42 Å². The number of carbonyl (C=O) groups is 1. The van der Waals surface area contributed by atoms with Gasteiger partial charge >= 0.3 is 0 Å². The zero-order chi connectivity index (χ0) is 14.5. The van der Waals surface area contributed by atoms with Crippen LogP contribution in [0.25, 0.3) is 11.0 Å². The minimum Gasteiger partial charge on any atom is -0.449 e. The summed E-state index contributed by atoms with van der Waals surface area (Å²) in [5.41, 5.74) is 0.493. The average molecular weight is 275 g/mol. The van der Waals surface area contributed by atoms with Crippen molar-refractivity contribution in [2.24, 2.45) is 0 Å². The Balaban J connectivity index is 2.19. The predicted molar refractivity (Wildman–Crippen MR) is 72.9 cm³/mol. The Morgan fingerprint density at radius 3 is 2.85 bits per heavy atom. The summed E-state index contributed by atoms with van der Waals surface area (Å²) >= 11 is 0. The van der Waals surface area contributed by atoms with Gasteiger partial charge in [0, 0.05) is 18.7 Å². The van der Waals surface area contributed by atoms with Gasteiger partial charge in [0.2, 0.25) is 5.76 Å². The number of nitrogens with one attached hydrogen (secondary N) is 2. The summed E-state index contributed by atoms with van der Waals surface area (Å²) in [4.78, 5) is 22.5. The first-order valence-corrected chi connectivity index (χ1v) is 6.15. The van der Waals surface area contributed by atoms with Crippen molar-refractivity contribution < 1.29 is 14.1 Å². The van der Waals surface area contributed by atoms with Gasteiger partial charge in [-0.05, 0) is 19.9 Å². The number of hydrogen-bond acceptors (Lipinski definition) is 5. The van der Waals surface area contributed by atoms with Crippen LogP contribution in [-0.4, -0.2) is 22.9 Å². The van der Waals surface area contributed by atoms with Gasteiger partial charge in [-0.3, -0.25) is 14.9 Å². The van der Waals surface area contributed by atoms with Crippen LogP contribution in [0.3, 0.4) is 0 Å². The van der Waals surface area contributed by atoms with E-state index in [1.807, 2.05) is 13.8 Å². The van der Waals surface area contributed by atoms with Crippen LogP contribution in [0, 0.1) is 10.1 Å². The number of rotatable bonds is 1. The van der Waals surface area contributed by atoms with Gasteiger partial charge in [0.15, 0.2) is 0 Å². The molecule has 0 saturated heterocycles. The van der Waals surface area contributed by atoms with Crippen molar-refractivity contribution in [1.29, 1.82) is 0 Å². The molecule has 7 nitrogen and oxygen atoms in total. The minimum atomic E-state index is -0.473. The monoisotopic (exact) mass is 275 g/mol. The maximum atomic E-state index is 12.1. The molecule has 0 bridgehead atoms. The number of carbonyl (C=O) groups excluding carboxylic acids is 1. The van der Waals surface area contributed by atoms with E-state index in [9.17, 15) is 14.9 Å². The molecule has 1 aliphatic rings. The molecule has 104 valence electrons. The van der Waals surface area contributed by atoms with Gasteiger partial charge in [-0.25, -0.2) is 0 Å². The molecule has 1 aliphatic heterocycles. The molecule has 20 heavy (non-hydrogen) atoms. The number of benzene rings is 1. The summed E-state index contributed by atoms with van der Waals surface area (Å²) in [5, 5.41) is 17.4. The summed E-state index contributed by atoms with van der Waals surface area (Å²) in [6.07, 6.45) is 0. The molecular weight excluding hydrogens is 262 g/mol. The van der Waals surface area contributed by atoms with E-state index in [0.29, 0.717) is 23.2 Å². The zero-order valence-electron chi connectivity index (χ0n) is 11.0. The zero-order valence-corrected chi connectivity index (χ0v) is 11.0. The van der Waals surface area contributed by atoms with Crippen molar-refractivity contribution in [3.8, 4) is 0 Å². The molecule has 0 aliphatic carbocycles.